The Kier molecular flexibility index (Phi) is 6.54. The zero-order valence-electron chi connectivity index (χ0n) is 17.3. The van der Waals surface area contributed by atoms with Crippen LogP contribution in [0.5, 0.6) is 5.75 Å². The summed E-state index contributed by atoms with van der Waals surface area (Å²) in [6.07, 6.45) is 5.39. The van der Waals surface area contributed by atoms with Gasteiger partial charge in [0.05, 0.1) is 5.56 Å². The van der Waals surface area contributed by atoms with Crippen LogP contribution in [0.1, 0.15) is 29.0 Å². The summed E-state index contributed by atoms with van der Waals surface area (Å²) in [5, 5.41) is 4.03. The second kappa shape index (κ2) is 9.51. The number of carbonyl (C=O) groups excluding carboxylic acids is 1. The molecule has 2 aromatic carbocycles. The number of fused-ring (bicyclic) bond motifs is 1. The number of hydrogen-bond donors (Lipinski definition) is 1. The third-order valence-corrected chi connectivity index (χ3v) is 6.50. The van der Waals surface area contributed by atoms with Crippen LogP contribution >= 0.6 is 23.4 Å². The molecule has 1 amide bonds. The van der Waals surface area contributed by atoms with Crippen molar-refractivity contribution in [1.82, 2.24) is 9.55 Å². The summed E-state index contributed by atoms with van der Waals surface area (Å²) in [4.78, 5) is 29.9. The maximum absolute atomic E-state index is 13.0. The van der Waals surface area contributed by atoms with Crippen molar-refractivity contribution < 1.29 is 9.53 Å². The highest BCUT2D eigenvalue weighted by atomic mass is 35.5. The second-order valence-corrected chi connectivity index (χ2v) is 8.69. The summed E-state index contributed by atoms with van der Waals surface area (Å²) in [7, 11) is 1.80. The van der Waals surface area contributed by atoms with Gasteiger partial charge in [0.1, 0.15) is 18.2 Å². The van der Waals surface area contributed by atoms with Gasteiger partial charge < -0.3 is 14.6 Å². The van der Waals surface area contributed by atoms with Crippen LogP contribution in [0.4, 0.5) is 5.82 Å². The van der Waals surface area contributed by atoms with Gasteiger partial charge in [0.15, 0.2) is 5.16 Å². The van der Waals surface area contributed by atoms with E-state index in [1.54, 1.807) is 23.7 Å². The molecule has 1 aliphatic rings. The molecule has 1 aromatic heterocycles. The summed E-state index contributed by atoms with van der Waals surface area (Å²) >= 11 is 7.47. The quantitative estimate of drug-likeness (QED) is 0.335. The molecule has 8 heteroatoms. The van der Waals surface area contributed by atoms with Crippen molar-refractivity contribution in [2.75, 3.05) is 11.9 Å². The normalized spacial score (nSPS) is 14.9. The molecule has 3 aromatic rings. The van der Waals surface area contributed by atoms with Crippen molar-refractivity contribution in [3.8, 4) is 18.1 Å². The molecule has 4 rings (SSSR count). The first-order chi connectivity index (χ1) is 15.5. The lowest BCUT2D eigenvalue weighted by Crippen LogP contribution is -2.33. The van der Waals surface area contributed by atoms with Gasteiger partial charge in [-0.2, -0.15) is 4.98 Å². The number of carbonyl (C=O) groups is 1. The van der Waals surface area contributed by atoms with Crippen LogP contribution in [-0.4, -0.2) is 22.1 Å². The average Bonchev–Trinajstić information content (AvgIpc) is 2.79. The van der Waals surface area contributed by atoms with Crippen molar-refractivity contribution in [2.24, 2.45) is 7.05 Å². The number of nitrogens with zero attached hydrogens (tertiary/aromatic N) is 2. The van der Waals surface area contributed by atoms with Crippen LogP contribution in [0.25, 0.3) is 0 Å². The number of terminal acetylenes is 1. The van der Waals surface area contributed by atoms with Crippen LogP contribution in [0.15, 0.2) is 58.5 Å². The van der Waals surface area contributed by atoms with Crippen LogP contribution in [0, 0.1) is 12.3 Å². The number of ether oxygens (including phenoxy) is 1. The van der Waals surface area contributed by atoms with E-state index in [9.17, 15) is 9.59 Å². The van der Waals surface area contributed by atoms with Crippen molar-refractivity contribution >= 4 is 35.1 Å². The number of rotatable bonds is 6. The van der Waals surface area contributed by atoms with Gasteiger partial charge in [-0.05, 0) is 35.4 Å². The number of nitrogens with one attached hydrogen (secondary N) is 1. The van der Waals surface area contributed by atoms with E-state index in [-0.39, 0.29) is 24.5 Å². The minimum absolute atomic E-state index is 0.151. The fourth-order valence-corrected chi connectivity index (χ4v) is 4.77. The lowest BCUT2D eigenvalue weighted by molar-refractivity contribution is -0.116. The minimum atomic E-state index is -0.390. The number of anilines is 1. The standard InChI is InChI=1S/C24H20ClN3O3S/c1-3-11-31-18-9-7-16(8-10-18)19-13-20(29)26-22-21(19)23(30)27-24(28(22)2)32-14-15-5-4-6-17(25)12-15/h1,4-10,12,19H,11,13-14H2,2H3,(H,26,29). The predicted octanol–water partition coefficient (Wildman–Crippen LogP) is 4.21. The van der Waals surface area contributed by atoms with Gasteiger partial charge in [0.25, 0.3) is 5.56 Å². The zero-order chi connectivity index (χ0) is 22.7. The Bertz CT molecular complexity index is 1260. The molecule has 0 aliphatic carbocycles. The smallest absolute Gasteiger partial charge is 0.279 e. The Morgan fingerprint density at radius 1 is 1.28 bits per heavy atom. The van der Waals surface area contributed by atoms with Gasteiger partial charge in [-0.3, -0.25) is 9.59 Å². The van der Waals surface area contributed by atoms with E-state index in [0.29, 0.717) is 33.1 Å². The van der Waals surface area contributed by atoms with Crippen molar-refractivity contribution in [3.05, 3.63) is 80.6 Å². The molecule has 0 spiro atoms. The second-order valence-electron chi connectivity index (χ2n) is 7.31. The highest BCUT2D eigenvalue weighted by molar-refractivity contribution is 7.98. The van der Waals surface area contributed by atoms with E-state index >= 15 is 0 Å². The van der Waals surface area contributed by atoms with Crippen molar-refractivity contribution in [1.29, 1.82) is 0 Å². The number of halogens is 1. The van der Waals surface area contributed by atoms with E-state index in [2.05, 4.69) is 16.2 Å². The van der Waals surface area contributed by atoms with Gasteiger partial charge in [0, 0.05) is 30.2 Å². The molecular weight excluding hydrogens is 446 g/mol. The summed E-state index contributed by atoms with van der Waals surface area (Å²) in [6.45, 7) is 0.175. The number of aromatic nitrogens is 2. The Morgan fingerprint density at radius 2 is 2.06 bits per heavy atom. The lowest BCUT2D eigenvalue weighted by Gasteiger charge is -2.27. The highest BCUT2D eigenvalue weighted by Crippen LogP contribution is 2.36. The topological polar surface area (TPSA) is 73.2 Å². The Morgan fingerprint density at radius 3 is 2.78 bits per heavy atom. The maximum atomic E-state index is 13.0. The highest BCUT2D eigenvalue weighted by Gasteiger charge is 2.32. The summed E-state index contributed by atoms with van der Waals surface area (Å²) in [6, 6.07) is 14.8. The molecule has 1 unspecified atom stereocenters. The summed E-state index contributed by atoms with van der Waals surface area (Å²) in [5.41, 5.74) is 2.00. The molecule has 0 radical (unpaired) electrons. The van der Waals surface area contributed by atoms with E-state index < -0.39 is 5.92 Å². The van der Waals surface area contributed by atoms with E-state index in [1.807, 2.05) is 36.4 Å². The van der Waals surface area contributed by atoms with Crippen molar-refractivity contribution in [3.63, 3.8) is 0 Å². The first kappa shape index (κ1) is 22.0. The van der Waals surface area contributed by atoms with Crippen LogP contribution in [-0.2, 0) is 17.6 Å². The van der Waals surface area contributed by atoms with Gasteiger partial charge in [0.2, 0.25) is 5.91 Å². The third kappa shape index (κ3) is 4.67. The zero-order valence-corrected chi connectivity index (χ0v) is 18.9. The largest absolute Gasteiger partial charge is 0.481 e. The number of thioether (sulfide) groups is 1. The number of benzene rings is 2. The van der Waals surface area contributed by atoms with E-state index in [1.165, 1.54) is 11.8 Å². The van der Waals surface area contributed by atoms with E-state index in [4.69, 9.17) is 22.8 Å². The Balaban J connectivity index is 1.65. The molecule has 32 heavy (non-hydrogen) atoms. The summed E-state index contributed by atoms with van der Waals surface area (Å²) in [5.74, 6) is 3.58. The molecule has 1 N–H and O–H groups in total. The van der Waals surface area contributed by atoms with Gasteiger partial charge in [-0.25, -0.2) is 0 Å². The SMILES string of the molecule is C#CCOc1ccc(C2CC(=O)Nc3c2c(=O)nc(SCc2cccc(Cl)c2)n3C)cc1. The minimum Gasteiger partial charge on any atom is -0.481 e. The fourth-order valence-electron chi connectivity index (χ4n) is 3.65. The molecule has 1 atom stereocenters. The van der Waals surface area contributed by atoms with Crippen molar-refractivity contribution in [2.45, 2.75) is 23.2 Å². The molecule has 0 saturated heterocycles. The molecule has 0 bridgehead atoms. The third-order valence-electron chi connectivity index (χ3n) is 5.16. The molecular formula is C24H20ClN3O3S. The Hall–Kier alpha value is -3.21. The van der Waals surface area contributed by atoms with Gasteiger partial charge in [-0.15, -0.1) is 6.42 Å². The molecule has 1 aliphatic heterocycles. The molecule has 6 nitrogen and oxygen atoms in total. The van der Waals surface area contributed by atoms with E-state index in [0.717, 1.165) is 11.1 Å². The van der Waals surface area contributed by atoms with Gasteiger partial charge >= 0.3 is 0 Å². The van der Waals surface area contributed by atoms with Crippen LogP contribution in [0.3, 0.4) is 0 Å². The fraction of sp³-hybridized carbons (Fsp3) is 0.208. The average molecular weight is 466 g/mol. The Labute approximate surface area is 195 Å². The predicted molar refractivity (Wildman–Crippen MR) is 126 cm³/mol. The van der Waals surface area contributed by atoms with Crippen LogP contribution in [0.2, 0.25) is 5.02 Å². The summed E-state index contributed by atoms with van der Waals surface area (Å²) < 4.78 is 7.18. The monoisotopic (exact) mass is 465 g/mol. The first-order valence-corrected chi connectivity index (χ1v) is 11.3. The molecule has 0 fully saturated rings. The van der Waals surface area contributed by atoms with Gasteiger partial charge in [-0.1, -0.05) is 53.5 Å². The molecule has 0 saturated carbocycles. The molecule has 2 heterocycles. The molecule has 162 valence electrons. The number of hydrogen-bond acceptors (Lipinski definition) is 5. The lowest BCUT2D eigenvalue weighted by atomic mass is 9.87. The number of amides is 1. The first-order valence-electron chi connectivity index (χ1n) is 9.90. The maximum Gasteiger partial charge on any atom is 0.279 e. The van der Waals surface area contributed by atoms with Crippen LogP contribution < -0.4 is 15.6 Å².